The van der Waals surface area contributed by atoms with Gasteiger partial charge in [0.15, 0.2) is 6.61 Å². The molecule has 1 aliphatic heterocycles. The van der Waals surface area contributed by atoms with Crippen LogP contribution in [0.3, 0.4) is 0 Å². The third kappa shape index (κ3) is 3.58. The van der Waals surface area contributed by atoms with Crippen molar-refractivity contribution >= 4 is 17.8 Å². The molecule has 1 heterocycles. The van der Waals surface area contributed by atoms with Gasteiger partial charge in [0.05, 0.1) is 0 Å². The van der Waals surface area contributed by atoms with Crippen LogP contribution >= 0.6 is 0 Å². The molecular weight excluding hydrogens is 308 g/mol. The number of rotatable bonds is 4. The largest absolute Gasteiger partial charge is 0.456 e. The molecule has 3 rings (SSSR count). The molecular formula is C18H22N2O4. The lowest BCUT2D eigenvalue weighted by Gasteiger charge is -2.28. The molecule has 0 saturated carbocycles. The van der Waals surface area contributed by atoms with Gasteiger partial charge in [0.1, 0.15) is 0 Å². The highest BCUT2D eigenvalue weighted by Gasteiger charge is 2.33. The van der Waals surface area contributed by atoms with Gasteiger partial charge in [-0.05, 0) is 36.3 Å². The van der Waals surface area contributed by atoms with Gasteiger partial charge in [-0.15, -0.1) is 0 Å². The van der Waals surface area contributed by atoms with Crippen LogP contribution < -0.4 is 0 Å². The zero-order valence-electron chi connectivity index (χ0n) is 13.9. The van der Waals surface area contributed by atoms with Gasteiger partial charge in [-0.3, -0.25) is 19.4 Å². The number of hydrazine groups is 1. The highest BCUT2D eigenvalue weighted by Crippen LogP contribution is 2.29. The van der Waals surface area contributed by atoms with Gasteiger partial charge in [-0.25, -0.2) is 5.01 Å². The number of nitrogens with zero attached hydrogens (tertiary/aromatic N) is 2. The lowest BCUT2D eigenvalue weighted by Crippen LogP contribution is -2.46. The van der Waals surface area contributed by atoms with Crippen molar-refractivity contribution < 1.29 is 19.1 Å². The number of fused-ring (bicyclic) bond motifs is 1. The van der Waals surface area contributed by atoms with Crippen molar-refractivity contribution in [2.24, 2.45) is 5.92 Å². The molecule has 1 saturated heterocycles. The minimum atomic E-state index is -0.496. The summed E-state index contributed by atoms with van der Waals surface area (Å²) in [6.45, 7) is 1.99. The van der Waals surface area contributed by atoms with E-state index in [1.165, 1.54) is 28.1 Å². The molecule has 0 spiro atoms. The molecule has 6 nitrogen and oxygen atoms in total. The summed E-state index contributed by atoms with van der Waals surface area (Å²) in [5.41, 5.74) is 2.64. The Balaban J connectivity index is 1.56. The smallest absolute Gasteiger partial charge is 0.303 e. The second-order valence-corrected chi connectivity index (χ2v) is 6.41. The molecule has 1 aromatic rings. The van der Waals surface area contributed by atoms with Gasteiger partial charge in [0, 0.05) is 26.4 Å². The quantitative estimate of drug-likeness (QED) is 0.781. The molecule has 0 N–H and O–H groups in total. The topological polar surface area (TPSA) is 66.9 Å². The molecule has 0 unspecified atom stereocenters. The Labute approximate surface area is 141 Å². The zero-order valence-corrected chi connectivity index (χ0v) is 13.9. The highest BCUT2D eigenvalue weighted by molar-refractivity contribution is 5.84. The Morgan fingerprint density at radius 2 is 1.62 bits per heavy atom. The number of esters is 1. The molecule has 128 valence electrons. The number of ether oxygens (including phenoxy) is 1. The normalized spacial score (nSPS) is 17.0. The molecule has 0 radical (unpaired) electrons. The fourth-order valence-corrected chi connectivity index (χ4v) is 3.51. The van der Waals surface area contributed by atoms with E-state index in [0.29, 0.717) is 25.4 Å². The predicted molar refractivity (Wildman–Crippen MR) is 86.6 cm³/mol. The Morgan fingerprint density at radius 3 is 2.21 bits per heavy atom. The van der Waals surface area contributed by atoms with E-state index in [9.17, 15) is 14.4 Å². The highest BCUT2D eigenvalue weighted by atomic mass is 16.5. The van der Waals surface area contributed by atoms with E-state index in [0.717, 1.165) is 19.3 Å². The molecule has 2 aliphatic rings. The van der Waals surface area contributed by atoms with Crippen LogP contribution in [0.15, 0.2) is 24.3 Å². The van der Waals surface area contributed by atoms with Gasteiger partial charge >= 0.3 is 5.97 Å². The van der Waals surface area contributed by atoms with E-state index >= 15 is 0 Å². The van der Waals surface area contributed by atoms with Crippen molar-refractivity contribution in [3.05, 3.63) is 35.4 Å². The van der Waals surface area contributed by atoms with Crippen molar-refractivity contribution in [1.82, 2.24) is 10.0 Å². The van der Waals surface area contributed by atoms with Gasteiger partial charge < -0.3 is 4.74 Å². The first-order chi connectivity index (χ1) is 11.5. The summed E-state index contributed by atoms with van der Waals surface area (Å²) < 4.78 is 4.75. The number of carbonyl (C=O) groups excluding carboxylic acids is 3. The van der Waals surface area contributed by atoms with Gasteiger partial charge in [-0.2, -0.15) is 0 Å². The van der Waals surface area contributed by atoms with Crippen LogP contribution in [-0.4, -0.2) is 47.5 Å². The fourth-order valence-electron chi connectivity index (χ4n) is 3.51. The first-order valence-corrected chi connectivity index (χ1v) is 8.35. The molecule has 1 aliphatic carbocycles. The monoisotopic (exact) mass is 330 g/mol. The van der Waals surface area contributed by atoms with Gasteiger partial charge in [0.2, 0.25) is 5.91 Å². The van der Waals surface area contributed by atoms with Gasteiger partial charge in [-0.1, -0.05) is 24.3 Å². The zero-order chi connectivity index (χ0) is 17.1. The number of hydrogen-bond donors (Lipinski definition) is 0. The molecule has 0 atom stereocenters. The van der Waals surface area contributed by atoms with Crippen LogP contribution in [0.25, 0.3) is 0 Å². The Bertz CT molecular complexity index is 633. The fraction of sp³-hybridized carbons (Fsp3) is 0.500. The number of carbonyl (C=O) groups is 3. The Kier molecular flexibility index (Phi) is 4.83. The Morgan fingerprint density at radius 1 is 1.04 bits per heavy atom. The van der Waals surface area contributed by atoms with E-state index in [-0.39, 0.29) is 18.4 Å². The summed E-state index contributed by atoms with van der Waals surface area (Å²) in [5.74, 6) is -0.572. The van der Waals surface area contributed by atoms with Crippen molar-refractivity contribution in [2.45, 2.75) is 32.6 Å². The van der Waals surface area contributed by atoms with Crippen LogP contribution in [0.4, 0.5) is 0 Å². The van der Waals surface area contributed by atoms with Crippen LogP contribution in [0.2, 0.25) is 0 Å². The Hall–Kier alpha value is -2.37. The summed E-state index contributed by atoms with van der Waals surface area (Å²) in [6.07, 6.45) is 3.02. The summed E-state index contributed by atoms with van der Waals surface area (Å²) in [6, 6.07) is 8.28. The van der Waals surface area contributed by atoms with Crippen LogP contribution in [0, 0.1) is 5.92 Å². The average Bonchev–Trinajstić information content (AvgIpc) is 3.18. The van der Waals surface area contributed by atoms with E-state index < -0.39 is 5.97 Å². The first-order valence-electron chi connectivity index (χ1n) is 8.35. The third-order valence-electron chi connectivity index (χ3n) is 4.60. The molecule has 0 aromatic heterocycles. The SMILES string of the molecule is CC(=O)OCC(=O)N1CCCN1C(=O)CC1Cc2ccccc2C1. The van der Waals surface area contributed by atoms with Crippen molar-refractivity contribution in [2.75, 3.05) is 19.7 Å². The summed E-state index contributed by atoms with van der Waals surface area (Å²) in [5, 5.41) is 2.95. The molecule has 1 fully saturated rings. The summed E-state index contributed by atoms with van der Waals surface area (Å²) in [7, 11) is 0. The second-order valence-electron chi connectivity index (χ2n) is 6.41. The minimum absolute atomic E-state index is 0.0264. The lowest BCUT2D eigenvalue weighted by molar-refractivity contribution is -0.164. The molecule has 1 aromatic carbocycles. The number of hydrogen-bond acceptors (Lipinski definition) is 4. The maximum Gasteiger partial charge on any atom is 0.303 e. The first kappa shape index (κ1) is 16.5. The maximum atomic E-state index is 12.6. The number of amides is 2. The second kappa shape index (κ2) is 7.03. The van der Waals surface area contributed by atoms with E-state index in [2.05, 4.69) is 12.1 Å². The molecule has 6 heteroatoms. The number of benzene rings is 1. The van der Waals surface area contributed by atoms with Gasteiger partial charge in [0.25, 0.3) is 5.91 Å². The van der Waals surface area contributed by atoms with Crippen LogP contribution in [-0.2, 0) is 32.0 Å². The summed E-state index contributed by atoms with van der Waals surface area (Å²) in [4.78, 5) is 35.6. The van der Waals surface area contributed by atoms with Crippen molar-refractivity contribution in [3.63, 3.8) is 0 Å². The van der Waals surface area contributed by atoms with E-state index in [1.807, 2.05) is 12.1 Å². The third-order valence-corrected chi connectivity index (χ3v) is 4.60. The predicted octanol–water partition coefficient (Wildman–Crippen LogP) is 1.33. The summed E-state index contributed by atoms with van der Waals surface area (Å²) >= 11 is 0. The maximum absolute atomic E-state index is 12.6. The van der Waals surface area contributed by atoms with Crippen LogP contribution in [0.5, 0.6) is 0 Å². The standard InChI is InChI=1S/C18H22N2O4/c1-13(21)24-12-18(23)20-8-4-7-19(20)17(22)11-14-9-15-5-2-3-6-16(15)10-14/h2-3,5-6,14H,4,7-12H2,1H3. The van der Waals surface area contributed by atoms with Crippen molar-refractivity contribution in [3.8, 4) is 0 Å². The molecule has 2 amide bonds. The molecule has 0 bridgehead atoms. The van der Waals surface area contributed by atoms with E-state index in [1.54, 1.807) is 0 Å². The molecule has 24 heavy (non-hydrogen) atoms. The average molecular weight is 330 g/mol. The minimum Gasteiger partial charge on any atom is -0.456 e. The van der Waals surface area contributed by atoms with E-state index in [4.69, 9.17) is 4.74 Å². The van der Waals surface area contributed by atoms with Crippen molar-refractivity contribution in [1.29, 1.82) is 0 Å². The lowest BCUT2D eigenvalue weighted by atomic mass is 10.0. The van der Waals surface area contributed by atoms with Crippen LogP contribution in [0.1, 0.15) is 30.9 Å².